The lowest BCUT2D eigenvalue weighted by Crippen LogP contribution is -2.30. The molecule has 0 heterocycles. The van der Waals surface area contributed by atoms with Gasteiger partial charge in [-0.2, -0.15) is 0 Å². The largest absolute Gasteiger partial charge is 0.480 e. The Bertz CT molecular complexity index is 662. The van der Waals surface area contributed by atoms with Gasteiger partial charge >= 0.3 is 5.97 Å². The second-order valence-corrected chi connectivity index (χ2v) is 4.52. The monoisotopic (exact) mass is 292 g/mol. The number of nitrogen functional groups attached to an aromatic ring is 1. The minimum absolute atomic E-state index is 0.0690. The number of hydrogen-bond donors (Lipinski definition) is 2. The fourth-order valence-corrected chi connectivity index (χ4v) is 2.04. The molecule has 0 bridgehead atoms. The molecular formula is C15H14F2N2O2. The van der Waals surface area contributed by atoms with Gasteiger partial charge in [-0.05, 0) is 18.2 Å². The topological polar surface area (TPSA) is 66.6 Å². The lowest BCUT2D eigenvalue weighted by Gasteiger charge is -2.24. The highest BCUT2D eigenvalue weighted by Crippen LogP contribution is 2.25. The first-order valence-electron chi connectivity index (χ1n) is 6.23. The van der Waals surface area contributed by atoms with E-state index in [2.05, 4.69) is 0 Å². The van der Waals surface area contributed by atoms with Crippen molar-refractivity contribution in [2.75, 3.05) is 17.2 Å². The molecule has 0 radical (unpaired) electrons. The average Bonchev–Trinajstić information content (AvgIpc) is 2.43. The second-order valence-electron chi connectivity index (χ2n) is 4.52. The van der Waals surface area contributed by atoms with E-state index >= 15 is 0 Å². The van der Waals surface area contributed by atoms with Gasteiger partial charge in [-0.1, -0.05) is 24.3 Å². The number of rotatable bonds is 5. The van der Waals surface area contributed by atoms with E-state index < -0.39 is 17.6 Å². The van der Waals surface area contributed by atoms with E-state index in [-0.39, 0.29) is 18.7 Å². The smallest absolute Gasteiger partial charge is 0.323 e. The lowest BCUT2D eigenvalue weighted by atomic mass is 10.1. The van der Waals surface area contributed by atoms with Gasteiger partial charge in [0.05, 0.1) is 11.4 Å². The summed E-state index contributed by atoms with van der Waals surface area (Å²) >= 11 is 0. The van der Waals surface area contributed by atoms with Crippen LogP contribution in [0, 0.1) is 11.6 Å². The van der Waals surface area contributed by atoms with Crippen LogP contribution in [0.4, 0.5) is 20.2 Å². The first-order chi connectivity index (χ1) is 9.99. The summed E-state index contributed by atoms with van der Waals surface area (Å²) in [5.41, 5.74) is 6.72. The predicted molar refractivity (Wildman–Crippen MR) is 75.9 cm³/mol. The van der Waals surface area contributed by atoms with E-state index in [4.69, 9.17) is 10.8 Å². The van der Waals surface area contributed by atoms with Gasteiger partial charge < -0.3 is 15.7 Å². The zero-order chi connectivity index (χ0) is 15.4. The number of hydrogen-bond acceptors (Lipinski definition) is 3. The molecule has 4 nitrogen and oxygen atoms in total. The molecule has 0 fully saturated rings. The Kier molecular flexibility index (Phi) is 4.37. The maximum atomic E-state index is 13.7. The van der Waals surface area contributed by atoms with Gasteiger partial charge in [0.25, 0.3) is 0 Å². The van der Waals surface area contributed by atoms with E-state index in [0.29, 0.717) is 11.4 Å². The lowest BCUT2D eigenvalue weighted by molar-refractivity contribution is -0.135. The Hall–Kier alpha value is -2.63. The number of anilines is 2. The summed E-state index contributed by atoms with van der Waals surface area (Å²) in [7, 11) is 0. The number of carboxylic acid groups (broad SMARTS) is 1. The van der Waals surface area contributed by atoms with E-state index in [1.807, 2.05) is 0 Å². The van der Waals surface area contributed by atoms with Gasteiger partial charge in [-0.25, -0.2) is 8.78 Å². The Morgan fingerprint density at radius 2 is 1.86 bits per heavy atom. The Morgan fingerprint density at radius 3 is 2.52 bits per heavy atom. The summed E-state index contributed by atoms with van der Waals surface area (Å²) in [6.45, 7) is -0.464. The van der Waals surface area contributed by atoms with Gasteiger partial charge in [0.1, 0.15) is 6.54 Å². The van der Waals surface area contributed by atoms with Crippen LogP contribution in [-0.2, 0) is 11.3 Å². The zero-order valence-electron chi connectivity index (χ0n) is 11.1. The molecule has 3 N–H and O–H groups in total. The maximum Gasteiger partial charge on any atom is 0.323 e. The molecule has 0 aromatic heterocycles. The molecule has 0 aliphatic heterocycles. The number of nitrogens with zero attached hydrogens (tertiary/aromatic N) is 1. The molecule has 2 rings (SSSR count). The van der Waals surface area contributed by atoms with Crippen LogP contribution < -0.4 is 10.6 Å². The van der Waals surface area contributed by atoms with Crippen molar-refractivity contribution in [3.63, 3.8) is 0 Å². The number of halogens is 2. The summed E-state index contributed by atoms with van der Waals surface area (Å²) in [5, 5.41) is 8.99. The van der Waals surface area contributed by atoms with Crippen LogP contribution in [0.3, 0.4) is 0 Å². The SMILES string of the molecule is Nc1ccccc1N(CC(=O)O)Cc1cccc(F)c1F. The Balaban J connectivity index is 2.35. The van der Waals surface area contributed by atoms with Crippen LogP contribution in [0.1, 0.15) is 5.56 Å². The van der Waals surface area contributed by atoms with Crippen LogP contribution in [0.25, 0.3) is 0 Å². The minimum atomic E-state index is -1.09. The van der Waals surface area contributed by atoms with Crippen LogP contribution in [0.15, 0.2) is 42.5 Å². The van der Waals surface area contributed by atoms with Crippen LogP contribution in [0.2, 0.25) is 0 Å². The molecule has 0 aliphatic rings. The fourth-order valence-electron chi connectivity index (χ4n) is 2.04. The van der Waals surface area contributed by atoms with Crippen LogP contribution in [-0.4, -0.2) is 17.6 Å². The highest BCUT2D eigenvalue weighted by atomic mass is 19.2. The molecule has 0 atom stereocenters. The molecule has 0 saturated heterocycles. The summed E-state index contributed by atoms with van der Waals surface area (Å²) in [6.07, 6.45) is 0. The van der Waals surface area contributed by atoms with Gasteiger partial charge in [-0.3, -0.25) is 4.79 Å². The van der Waals surface area contributed by atoms with Crippen LogP contribution >= 0.6 is 0 Å². The van der Waals surface area contributed by atoms with Crippen molar-refractivity contribution >= 4 is 17.3 Å². The molecular weight excluding hydrogens is 278 g/mol. The molecule has 110 valence electrons. The van der Waals surface area contributed by atoms with E-state index in [0.717, 1.165) is 6.07 Å². The highest BCUT2D eigenvalue weighted by molar-refractivity contribution is 5.77. The summed E-state index contributed by atoms with van der Waals surface area (Å²) in [6, 6.07) is 10.5. The first-order valence-corrected chi connectivity index (χ1v) is 6.23. The van der Waals surface area contributed by atoms with E-state index in [1.54, 1.807) is 24.3 Å². The highest BCUT2D eigenvalue weighted by Gasteiger charge is 2.17. The third-order valence-corrected chi connectivity index (χ3v) is 3.00. The van der Waals surface area contributed by atoms with Crippen LogP contribution in [0.5, 0.6) is 0 Å². The molecule has 2 aromatic carbocycles. The summed E-state index contributed by atoms with van der Waals surface area (Å²) in [5.74, 6) is -3.04. The summed E-state index contributed by atoms with van der Waals surface area (Å²) < 4.78 is 27.0. The average molecular weight is 292 g/mol. The molecule has 6 heteroatoms. The number of nitrogens with two attached hydrogens (primary N) is 1. The predicted octanol–water partition coefficient (Wildman–Crippen LogP) is 2.64. The van der Waals surface area contributed by atoms with Crippen molar-refractivity contribution < 1.29 is 18.7 Å². The van der Waals surface area contributed by atoms with Crippen molar-refractivity contribution in [2.45, 2.75) is 6.54 Å². The normalized spacial score (nSPS) is 10.4. The molecule has 2 aromatic rings. The number of para-hydroxylation sites is 2. The van der Waals surface area contributed by atoms with Gasteiger partial charge in [0.15, 0.2) is 11.6 Å². The van der Waals surface area contributed by atoms with Gasteiger partial charge in [-0.15, -0.1) is 0 Å². The van der Waals surface area contributed by atoms with Gasteiger partial charge in [0.2, 0.25) is 0 Å². The van der Waals surface area contributed by atoms with Crippen molar-refractivity contribution in [1.82, 2.24) is 0 Å². The third kappa shape index (κ3) is 3.47. The maximum absolute atomic E-state index is 13.7. The third-order valence-electron chi connectivity index (χ3n) is 3.00. The van der Waals surface area contributed by atoms with Crippen molar-refractivity contribution in [3.8, 4) is 0 Å². The fraction of sp³-hybridized carbons (Fsp3) is 0.133. The standard InChI is InChI=1S/C15H14F2N2O2/c16-11-5-3-4-10(15(11)17)8-19(9-14(20)21)13-7-2-1-6-12(13)18/h1-7H,8-9,18H2,(H,20,21). The van der Waals surface area contributed by atoms with Crippen molar-refractivity contribution in [3.05, 3.63) is 59.7 Å². The summed E-state index contributed by atoms with van der Waals surface area (Å²) in [4.78, 5) is 12.4. The molecule has 0 aliphatic carbocycles. The molecule has 0 unspecified atom stereocenters. The number of aliphatic carboxylic acids is 1. The van der Waals surface area contributed by atoms with E-state index in [9.17, 15) is 13.6 Å². The first kappa shape index (κ1) is 14.8. The number of carbonyl (C=O) groups is 1. The second kappa shape index (κ2) is 6.21. The molecule has 0 spiro atoms. The quantitative estimate of drug-likeness (QED) is 0.831. The Morgan fingerprint density at radius 1 is 1.14 bits per heavy atom. The van der Waals surface area contributed by atoms with Gasteiger partial charge in [0, 0.05) is 12.1 Å². The van der Waals surface area contributed by atoms with Crippen molar-refractivity contribution in [2.24, 2.45) is 0 Å². The number of carboxylic acids is 1. The number of benzene rings is 2. The molecule has 21 heavy (non-hydrogen) atoms. The minimum Gasteiger partial charge on any atom is -0.480 e. The molecule has 0 saturated carbocycles. The molecule has 0 amide bonds. The zero-order valence-corrected chi connectivity index (χ0v) is 11.1. The van der Waals surface area contributed by atoms with E-state index in [1.165, 1.54) is 17.0 Å². The van der Waals surface area contributed by atoms with Crippen molar-refractivity contribution in [1.29, 1.82) is 0 Å². The Labute approximate surface area is 120 Å².